The largest absolute Gasteiger partial charge is 0.376 e. The van der Waals surface area contributed by atoms with Crippen molar-refractivity contribution in [3.8, 4) is 0 Å². The third kappa shape index (κ3) is 3.94. The first kappa shape index (κ1) is 18.1. The van der Waals surface area contributed by atoms with Crippen molar-refractivity contribution < 1.29 is 23.8 Å². The Morgan fingerprint density at radius 3 is 2.96 bits per heavy atom. The van der Waals surface area contributed by atoms with Crippen LogP contribution in [0.15, 0.2) is 18.2 Å². The summed E-state index contributed by atoms with van der Waals surface area (Å²) >= 11 is 5.77. The molecule has 2 N–H and O–H groups in total. The SMILES string of the molecule is O=C(NCc1cc(F)cc(Cl)c1)C1(O)CCN(C[C@@H]2CCCO2)C1=O. The molecule has 2 aliphatic heterocycles. The normalized spacial score (nSPS) is 26.3. The number of nitrogens with zero attached hydrogens (tertiary/aromatic N) is 1. The van der Waals surface area contributed by atoms with Gasteiger partial charge in [-0.2, -0.15) is 0 Å². The summed E-state index contributed by atoms with van der Waals surface area (Å²) in [6.45, 7) is 1.33. The zero-order valence-electron chi connectivity index (χ0n) is 13.6. The fourth-order valence-corrected chi connectivity index (χ4v) is 3.47. The van der Waals surface area contributed by atoms with Crippen molar-refractivity contribution in [1.82, 2.24) is 10.2 Å². The van der Waals surface area contributed by atoms with Crippen LogP contribution in [0.25, 0.3) is 0 Å². The van der Waals surface area contributed by atoms with Gasteiger partial charge in [0.15, 0.2) is 0 Å². The number of benzene rings is 1. The monoisotopic (exact) mass is 370 g/mol. The molecule has 1 aromatic carbocycles. The van der Waals surface area contributed by atoms with E-state index in [4.69, 9.17) is 16.3 Å². The van der Waals surface area contributed by atoms with Crippen LogP contribution in [0, 0.1) is 5.82 Å². The fraction of sp³-hybridized carbons (Fsp3) is 0.529. The molecule has 0 spiro atoms. The Morgan fingerprint density at radius 2 is 2.28 bits per heavy atom. The van der Waals surface area contributed by atoms with Crippen LogP contribution in [0.2, 0.25) is 5.02 Å². The number of ether oxygens (including phenoxy) is 1. The van der Waals surface area contributed by atoms with Gasteiger partial charge in [0.2, 0.25) is 5.60 Å². The number of hydrogen-bond donors (Lipinski definition) is 2. The van der Waals surface area contributed by atoms with Gasteiger partial charge >= 0.3 is 0 Å². The highest BCUT2D eigenvalue weighted by molar-refractivity contribution is 6.30. The van der Waals surface area contributed by atoms with Crippen LogP contribution in [0.3, 0.4) is 0 Å². The van der Waals surface area contributed by atoms with Crippen molar-refractivity contribution in [2.45, 2.75) is 37.5 Å². The van der Waals surface area contributed by atoms with Gasteiger partial charge in [-0.3, -0.25) is 9.59 Å². The van der Waals surface area contributed by atoms with Crippen molar-refractivity contribution in [2.24, 2.45) is 0 Å². The predicted octanol–water partition coefficient (Wildman–Crippen LogP) is 1.24. The molecule has 136 valence electrons. The highest BCUT2D eigenvalue weighted by atomic mass is 35.5. The summed E-state index contributed by atoms with van der Waals surface area (Å²) in [7, 11) is 0. The third-order valence-corrected chi connectivity index (χ3v) is 4.80. The molecular weight excluding hydrogens is 351 g/mol. The lowest BCUT2D eigenvalue weighted by Crippen LogP contribution is -2.52. The highest BCUT2D eigenvalue weighted by Crippen LogP contribution is 2.25. The number of amides is 2. The van der Waals surface area contributed by atoms with Gasteiger partial charge in [-0.25, -0.2) is 4.39 Å². The number of aliphatic hydroxyl groups is 1. The van der Waals surface area contributed by atoms with Gasteiger partial charge in [0.25, 0.3) is 11.8 Å². The fourth-order valence-electron chi connectivity index (χ4n) is 3.23. The molecule has 1 unspecified atom stereocenters. The second-order valence-electron chi connectivity index (χ2n) is 6.46. The number of likely N-dealkylation sites (tertiary alicyclic amines) is 1. The van der Waals surface area contributed by atoms with Crippen LogP contribution in [0.5, 0.6) is 0 Å². The van der Waals surface area contributed by atoms with Crippen molar-refractivity contribution in [2.75, 3.05) is 19.7 Å². The smallest absolute Gasteiger partial charge is 0.264 e. The molecule has 2 atom stereocenters. The maximum Gasteiger partial charge on any atom is 0.264 e. The summed E-state index contributed by atoms with van der Waals surface area (Å²) < 4.78 is 18.8. The maximum atomic E-state index is 13.3. The second kappa shape index (κ2) is 7.27. The maximum absolute atomic E-state index is 13.3. The quantitative estimate of drug-likeness (QED) is 0.764. The van der Waals surface area contributed by atoms with Crippen LogP contribution in [-0.2, 0) is 20.9 Å². The van der Waals surface area contributed by atoms with E-state index in [2.05, 4.69) is 5.32 Å². The number of halogens is 2. The van der Waals surface area contributed by atoms with Crippen molar-refractivity contribution in [3.05, 3.63) is 34.6 Å². The summed E-state index contributed by atoms with van der Waals surface area (Å²) in [6, 6.07) is 3.90. The molecule has 2 saturated heterocycles. The minimum Gasteiger partial charge on any atom is -0.376 e. The lowest BCUT2D eigenvalue weighted by Gasteiger charge is -2.23. The van der Waals surface area contributed by atoms with Gasteiger partial charge in [-0.1, -0.05) is 11.6 Å². The van der Waals surface area contributed by atoms with E-state index < -0.39 is 23.2 Å². The van der Waals surface area contributed by atoms with E-state index in [0.717, 1.165) is 18.9 Å². The predicted molar refractivity (Wildman–Crippen MR) is 88.4 cm³/mol. The van der Waals surface area contributed by atoms with Crippen LogP contribution in [0.1, 0.15) is 24.8 Å². The lowest BCUT2D eigenvalue weighted by atomic mass is 10.0. The van der Waals surface area contributed by atoms with E-state index in [9.17, 15) is 19.1 Å². The lowest BCUT2D eigenvalue weighted by molar-refractivity contribution is -0.155. The standard InChI is InChI=1S/C17H20ClFN2O4/c18-12-6-11(7-13(19)8-12)9-20-15(22)17(24)3-4-21(16(17)23)10-14-2-1-5-25-14/h6-8,14,24H,1-5,9-10H2,(H,20,22)/t14-,17?/m0/s1. The molecule has 3 rings (SSSR count). The zero-order chi connectivity index (χ0) is 18.0. The minimum atomic E-state index is -2.09. The summed E-state index contributed by atoms with van der Waals surface area (Å²) in [5.74, 6) is -1.92. The molecule has 0 aliphatic carbocycles. The van der Waals surface area contributed by atoms with Gasteiger partial charge in [0.05, 0.1) is 6.10 Å². The first-order valence-corrected chi connectivity index (χ1v) is 8.63. The van der Waals surface area contributed by atoms with E-state index in [1.54, 1.807) is 0 Å². The van der Waals surface area contributed by atoms with Crippen molar-refractivity contribution >= 4 is 23.4 Å². The second-order valence-corrected chi connectivity index (χ2v) is 6.89. The Balaban J connectivity index is 1.59. The summed E-state index contributed by atoms with van der Waals surface area (Å²) in [5, 5.41) is 13.2. The van der Waals surface area contributed by atoms with Gasteiger partial charge in [0.1, 0.15) is 5.82 Å². The van der Waals surface area contributed by atoms with E-state index >= 15 is 0 Å². The van der Waals surface area contributed by atoms with Gasteiger partial charge in [-0.05, 0) is 36.6 Å². The molecule has 2 fully saturated rings. The Labute approximate surface area is 149 Å². The molecular formula is C17H20ClFN2O4. The van der Waals surface area contributed by atoms with Crippen molar-refractivity contribution in [3.63, 3.8) is 0 Å². The molecule has 0 radical (unpaired) electrons. The third-order valence-electron chi connectivity index (χ3n) is 4.58. The number of rotatable bonds is 5. The molecule has 1 aromatic rings. The molecule has 2 heterocycles. The first-order chi connectivity index (χ1) is 11.9. The summed E-state index contributed by atoms with van der Waals surface area (Å²) in [6.07, 6.45) is 1.81. The molecule has 0 bridgehead atoms. The van der Waals surface area contributed by atoms with Gasteiger partial charge < -0.3 is 20.1 Å². The molecule has 8 heteroatoms. The van der Waals surface area contributed by atoms with Crippen molar-refractivity contribution in [1.29, 1.82) is 0 Å². The van der Waals surface area contributed by atoms with Crippen LogP contribution >= 0.6 is 11.6 Å². The Morgan fingerprint density at radius 1 is 1.48 bits per heavy atom. The van der Waals surface area contributed by atoms with Crippen LogP contribution in [0.4, 0.5) is 4.39 Å². The number of hydrogen-bond acceptors (Lipinski definition) is 4. The van der Waals surface area contributed by atoms with E-state index in [-0.39, 0.29) is 24.1 Å². The molecule has 25 heavy (non-hydrogen) atoms. The number of carbonyl (C=O) groups is 2. The van der Waals surface area contributed by atoms with Crippen LogP contribution < -0.4 is 5.32 Å². The molecule has 0 aromatic heterocycles. The molecule has 6 nitrogen and oxygen atoms in total. The zero-order valence-corrected chi connectivity index (χ0v) is 14.4. The van der Waals surface area contributed by atoms with E-state index in [1.165, 1.54) is 17.0 Å². The molecule has 2 amide bonds. The summed E-state index contributed by atoms with van der Waals surface area (Å²) in [5.41, 5.74) is -1.64. The average molecular weight is 371 g/mol. The number of carbonyl (C=O) groups excluding carboxylic acids is 2. The Bertz CT molecular complexity index is 660. The molecule has 0 saturated carbocycles. The van der Waals surface area contributed by atoms with E-state index in [1.807, 2.05) is 0 Å². The van der Waals surface area contributed by atoms with Gasteiger partial charge in [0, 0.05) is 37.7 Å². The van der Waals surface area contributed by atoms with Gasteiger partial charge in [-0.15, -0.1) is 0 Å². The Hall–Kier alpha value is -1.70. The highest BCUT2D eigenvalue weighted by Gasteiger charge is 2.51. The van der Waals surface area contributed by atoms with Crippen LogP contribution in [-0.4, -0.2) is 53.2 Å². The minimum absolute atomic E-state index is 0.0221. The average Bonchev–Trinajstić information content (AvgIpc) is 3.16. The Kier molecular flexibility index (Phi) is 5.27. The first-order valence-electron chi connectivity index (χ1n) is 8.25. The number of nitrogens with one attached hydrogen (secondary N) is 1. The molecule has 2 aliphatic rings. The summed E-state index contributed by atoms with van der Waals surface area (Å²) in [4.78, 5) is 26.3. The topological polar surface area (TPSA) is 78.9 Å². The van der Waals surface area contributed by atoms with E-state index in [0.29, 0.717) is 25.3 Å².